The topological polar surface area (TPSA) is 120 Å². The van der Waals surface area contributed by atoms with E-state index < -0.39 is 25.0 Å². The maximum atomic E-state index is 9.29. The van der Waals surface area contributed by atoms with Crippen molar-refractivity contribution < 1.29 is 19.7 Å². The van der Waals surface area contributed by atoms with E-state index >= 15 is 0 Å². The summed E-state index contributed by atoms with van der Waals surface area (Å²) in [6.07, 6.45) is -2.84. The van der Waals surface area contributed by atoms with Crippen molar-refractivity contribution in [3.8, 4) is 6.07 Å². The maximum absolute atomic E-state index is 9.29. The molecule has 1 rings (SSSR count). The van der Waals surface area contributed by atoms with Crippen LogP contribution in [0.15, 0.2) is 6.07 Å². The molecule has 128 valence electrons. The van der Waals surface area contributed by atoms with Gasteiger partial charge in [0.05, 0.1) is 5.56 Å². The molecule has 0 radical (unpaired) electrons. The van der Waals surface area contributed by atoms with Gasteiger partial charge in [0.2, 0.25) is 0 Å². The first-order chi connectivity index (χ1) is 10.7. The van der Waals surface area contributed by atoms with Crippen LogP contribution in [0.5, 0.6) is 0 Å². The van der Waals surface area contributed by atoms with Crippen molar-refractivity contribution in [3.63, 3.8) is 0 Å². The second kappa shape index (κ2) is 8.64. The number of rotatable bonds is 8. The van der Waals surface area contributed by atoms with Crippen LogP contribution < -0.4 is 10.6 Å². The molecule has 1 aromatic heterocycles. The Bertz CT molecular complexity index is 557. The average molecular weight is 324 g/mol. The molecule has 1 aromatic rings. The number of nitrogens with one attached hydrogen (secondary N) is 2. The molecule has 8 nitrogen and oxygen atoms in total. The molecule has 23 heavy (non-hydrogen) atoms. The summed E-state index contributed by atoms with van der Waals surface area (Å²) in [5.74, 6) is 0.828. The van der Waals surface area contributed by atoms with Gasteiger partial charge in [-0.25, -0.2) is 4.98 Å². The molecule has 0 fully saturated rings. The lowest BCUT2D eigenvalue weighted by Gasteiger charge is -2.21. The van der Waals surface area contributed by atoms with Crippen LogP contribution in [0.25, 0.3) is 0 Å². The van der Waals surface area contributed by atoms with Gasteiger partial charge in [-0.05, 0) is 46.2 Å². The second-order valence-electron chi connectivity index (χ2n) is 5.20. The largest absolute Gasteiger partial charge is 0.368 e. The number of hydrogen-bond donors (Lipinski definition) is 4. The van der Waals surface area contributed by atoms with Crippen molar-refractivity contribution in [1.29, 1.82) is 5.26 Å². The quantitative estimate of drug-likeness (QED) is 0.531. The van der Waals surface area contributed by atoms with E-state index in [-0.39, 0.29) is 0 Å². The van der Waals surface area contributed by atoms with Gasteiger partial charge in [0.25, 0.3) is 0 Å². The van der Waals surface area contributed by atoms with Gasteiger partial charge in [-0.3, -0.25) is 0 Å². The summed E-state index contributed by atoms with van der Waals surface area (Å²) in [6.45, 7) is 8.22. The van der Waals surface area contributed by atoms with Crippen LogP contribution in [0.1, 0.15) is 38.8 Å². The van der Waals surface area contributed by atoms with E-state index in [1.54, 1.807) is 26.8 Å². The summed E-state index contributed by atoms with van der Waals surface area (Å²) in [6, 6.07) is 3.81. The average Bonchev–Trinajstić information content (AvgIpc) is 2.35. The molecule has 0 saturated carbocycles. The van der Waals surface area contributed by atoms with Crippen LogP contribution in [0, 0.1) is 18.3 Å². The third kappa shape index (κ3) is 6.38. The summed E-state index contributed by atoms with van der Waals surface area (Å²) in [5.41, 5.74) is 1.11. The highest BCUT2D eigenvalue weighted by Crippen LogP contribution is 2.22. The number of aliphatic hydroxyl groups is 2. The summed E-state index contributed by atoms with van der Waals surface area (Å²) in [5, 5.41) is 33.7. The van der Waals surface area contributed by atoms with Gasteiger partial charge in [0.15, 0.2) is 12.6 Å². The number of hydrogen-bond acceptors (Lipinski definition) is 8. The minimum atomic E-state index is -0.940. The normalized spacial score (nSPS) is 16.1. The number of pyridine rings is 1. The van der Waals surface area contributed by atoms with Crippen LogP contribution in [-0.2, 0) is 9.47 Å². The minimum absolute atomic E-state index is 0.340. The Balaban J connectivity index is 2.97. The van der Waals surface area contributed by atoms with E-state index in [2.05, 4.69) is 21.7 Å². The second-order valence-corrected chi connectivity index (χ2v) is 5.20. The van der Waals surface area contributed by atoms with E-state index in [0.29, 0.717) is 17.2 Å². The number of nitrogens with zero attached hydrogens (tertiary/aromatic N) is 2. The first kappa shape index (κ1) is 19.1. The van der Waals surface area contributed by atoms with Gasteiger partial charge in [-0.1, -0.05) is 0 Å². The smallest absolute Gasteiger partial charge is 0.154 e. The number of anilines is 2. The third-order valence-corrected chi connectivity index (χ3v) is 2.82. The zero-order chi connectivity index (χ0) is 17.6. The Morgan fingerprint density at radius 3 is 2.09 bits per heavy atom. The fraction of sp³-hybridized carbons (Fsp3) is 0.600. The van der Waals surface area contributed by atoms with Crippen molar-refractivity contribution in [2.75, 3.05) is 10.6 Å². The SMILES string of the molecule is Cc1cc(NC(C)OC(C)O)nc(NC(C)OC(C)O)c1C#N. The zero-order valence-electron chi connectivity index (χ0n) is 14.0. The molecule has 0 saturated heterocycles. The van der Waals surface area contributed by atoms with Crippen LogP contribution >= 0.6 is 0 Å². The Kier molecular flexibility index (Phi) is 7.19. The number of aryl methyl sites for hydroxylation is 1. The molecular weight excluding hydrogens is 300 g/mol. The maximum Gasteiger partial charge on any atom is 0.154 e. The first-order valence-electron chi connectivity index (χ1n) is 7.34. The van der Waals surface area contributed by atoms with E-state index in [9.17, 15) is 15.5 Å². The third-order valence-electron chi connectivity index (χ3n) is 2.82. The Hall–Kier alpha value is -1.92. The first-order valence-corrected chi connectivity index (χ1v) is 7.34. The fourth-order valence-electron chi connectivity index (χ4n) is 2.05. The highest BCUT2D eigenvalue weighted by Gasteiger charge is 2.15. The predicted octanol–water partition coefficient (Wildman–Crippen LogP) is 1.49. The molecular formula is C15H24N4O4. The molecule has 8 heteroatoms. The van der Waals surface area contributed by atoms with Gasteiger partial charge in [0, 0.05) is 0 Å². The predicted molar refractivity (Wildman–Crippen MR) is 85.4 cm³/mol. The Morgan fingerprint density at radius 1 is 1.09 bits per heavy atom. The van der Waals surface area contributed by atoms with Gasteiger partial charge >= 0.3 is 0 Å². The Labute approximate surface area is 136 Å². The zero-order valence-corrected chi connectivity index (χ0v) is 14.0. The number of nitriles is 1. The highest BCUT2D eigenvalue weighted by molar-refractivity contribution is 5.61. The number of aromatic nitrogens is 1. The molecule has 4 unspecified atom stereocenters. The highest BCUT2D eigenvalue weighted by atomic mass is 16.6. The van der Waals surface area contributed by atoms with Crippen LogP contribution in [0.3, 0.4) is 0 Å². The van der Waals surface area contributed by atoms with E-state index in [1.165, 1.54) is 13.8 Å². The summed E-state index contributed by atoms with van der Waals surface area (Å²) in [4.78, 5) is 4.33. The standard InChI is InChI=1S/C15H24N4O4/c1-8-6-14(17-9(2)22-11(4)20)19-15(13(8)7-16)18-10(3)23-12(5)21/h6,9-12,20-21H,1-5H3,(H2,17,18,19). The summed E-state index contributed by atoms with van der Waals surface area (Å²) >= 11 is 0. The monoisotopic (exact) mass is 324 g/mol. The van der Waals surface area contributed by atoms with Gasteiger partial charge in [-0.15, -0.1) is 0 Å². The lowest BCUT2D eigenvalue weighted by Crippen LogP contribution is -2.27. The van der Waals surface area contributed by atoms with Crippen molar-refractivity contribution in [1.82, 2.24) is 4.98 Å². The minimum Gasteiger partial charge on any atom is -0.368 e. The van der Waals surface area contributed by atoms with Gasteiger partial charge in [0.1, 0.15) is 30.2 Å². The molecule has 4 N–H and O–H groups in total. The van der Waals surface area contributed by atoms with Gasteiger partial charge < -0.3 is 30.3 Å². The Morgan fingerprint density at radius 2 is 1.61 bits per heavy atom. The van der Waals surface area contributed by atoms with Crippen molar-refractivity contribution >= 4 is 11.6 Å². The number of aliphatic hydroxyl groups excluding tert-OH is 2. The molecule has 0 aliphatic rings. The molecule has 0 aromatic carbocycles. The molecule has 0 amide bonds. The van der Waals surface area contributed by atoms with Crippen molar-refractivity contribution in [2.24, 2.45) is 0 Å². The summed E-state index contributed by atoms with van der Waals surface area (Å²) < 4.78 is 10.4. The van der Waals surface area contributed by atoms with Gasteiger partial charge in [-0.2, -0.15) is 5.26 Å². The molecule has 0 bridgehead atoms. The van der Waals surface area contributed by atoms with Crippen LogP contribution in [0.2, 0.25) is 0 Å². The van der Waals surface area contributed by atoms with E-state index in [0.717, 1.165) is 5.56 Å². The van der Waals surface area contributed by atoms with E-state index in [4.69, 9.17) is 9.47 Å². The molecule has 0 aliphatic carbocycles. The van der Waals surface area contributed by atoms with Crippen molar-refractivity contribution in [2.45, 2.75) is 59.7 Å². The number of ether oxygens (including phenoxy) is 2. The van der Waals surface area contributed by atoms with Crippen LogP contribution in [0.4, 0.5) is 11.6 Å². The van der Waals surface area contributed by atoms with Crippen molar-refractivity contribution in [3.05, 3.63) is 17.2 Å². The molecule has 0 spiro atoms. The molecule has 0 aliphatic heterocycles. The summed E-state index contributed by atoms with van der Waals surface area (Å²) in [7, 11) is 0. The lowest BCUT2D eigenvalue weighted by molar-refractivity contribution is -0.109. The molecule has 1 heterocycles. The lowest BCUT2D eigenvalue weighted by atomic mass is 10.1. The van der Waals surface area contributed by atoms with Crippen LogP contribution in [-0.4, -0.2) is 40.2 Å². The molecule has 4 atom stereocenters. The van der Waals surface area contributed by atoms with E-state index in [1.807, 2.05) is 0 Å². The fourth-order valence-corrected chi connectivity index (χ4v) is 2.05.